The zero-order valence-electron chi connectivity index (χ0n) is 14.4. The highest BCUT2D eigenvalue weighted by Crippen LogP contribution is 2.39. The second-order valence-corrected chi connectivity index (χ2v) is 7.56. The number of nitrogens with one attached hydrogen (secondary N) is 3. The molecule has 0 aromatic carbocycles. The molecule has 1 saturated heterocycles. The molecule has 3 heterocycles. The number of hydrogen-bond acceptors (Lipinski definition) is 6. The van der Waals surface area contributed by atoms with E-state index in [0.717, 1.165) is 17.7 Å². The van der Waals surface area contributed by atoms with Crippen LogP contribution < -0.4 is 10.6 Å². The van der Waals surface area contributed by atoms with Crippen molar-refractivity contribution in [2.45, 2.75) is 56.5 Å². The van der Waals surface area contributed by atoms with E-state index in [4.69, 9.17) is 0 Å². The summed E-state index contributed by atoms with van der Waals surface area (Å²) in [5, 5.41) is 14.2. The second-order valence-electron chi connectivity index (χ2n) is 7.56. The highest BCUT2D eigenvalue weighted by atomic mass is 15.2. The lowest BCUT2D eigenvalue weighted by atomic mass is 10.1. The van der Waals surface area contributed by atoms with Gasteiger partial charge < -0.3 is 15.5 Å². The number of anilines is 3. The fourth-order valence-electron chi connectivity index (χ4n) is 3.66. The van der Waals surface area contributed by atoms with Crippen molar-refractivity contribution in [3.63, 3.8) is 0 Å². The Morgan fingerprint density at radius 2 is 1.88 bits per heavy atom. The number of likely N-dealkylation sites (tertiary alicyclic amines) is 1. The van der Waals surface area contributed by atoms with E-state index in [-0.39, 0.29) is 0 Å². The molecule has 1 aliphatic heterocycles. The topological polar surface area (TPSA) is 81.8 Å². The SMILES string of the molecule is c1cc(Nc2cc(C3CC3)[nH]n2)nc(NC2CCN(C3CC3)CC2)n1. The van der Waals surface area contributed by atoms with Gasteiger partial charge in [0.1, 0.15) is 5.82 Å². The lowest BCUT2D eigenvalue weighted by Crippen LogP contribution is -2.40. The maximum absolute atomic E-state index is 4.60. The number of rotatable bonds is 6. The van der Waals surface area contributed by atoms with Crippen LogP contribution >= 0.6 is 0 Å². The number of aromatic amines is 1. The van der Waals surface area contributed by atoms with Crippen molar-refractivity contribution in [3.05, 3.63) is 24.0 Å². The van der Waals surface area contributed by atoms with Crippen LogP contribution in [0.3, 0.4) is 0 Å². The van der Waals surface area contributed by atoms with E-state index in [1.807, 2.05) is 6.07 Å². The van der Waals surface area contributed by atoms with Crippen LogP contribution in [0.15, 0.2) is 18.3 Å². The van der Waals surface area contributed by atoms with Crippen molar-refractivity contribution in [2.75, 3.05) is 23.7 Å². The van der Waals surface area contributed by atoms with Crippen LogP contribution in [0.4, 0.5) is 17.6 Å². The largest absolute Gasteiger partial charge is 0.351 e. The quantitative estimate of drug-likeness (QED) is 0.751. The van der Waals surface area contributed by atoms with Crippen LogP contribution in [0.1, 0.15) is 50.1 Å². The normalized spacial score (nSPS) is 22.1. The van der Waals surface area contributed by atoms with Gasteiger partial charge in [0.15, 0.2) is 5.82 Å². The number of hydrogen-bond donors (Lipinski definition) is 3. The summed E-state index contributed by atoms with van der Waals surface area (Å²) in [7, 11) is 0. The minimum absolute atomic E-state index is 0.470. The van der Waals surface area contributed by atoms with Gasteiger partial charge in [-0.3, -0.25) is 5.10 Å². The van der Waals surface area contributed by atoms with E-state index in [2.05, 4.69) is 41.8 Å². The summed E-state index contributed by atoms with van der Waals surface area (Å²) in [5.74, 6) is 2.98. The monoisotopic (exact) mass is 339 g/mol. The predicted octanol–water partition coefficient (Wildman–Crippen LogP) is 2.86. The molecule has 25 heavy (non-hydrogen) atoms. The Balaban J connectivity index is 1.19. The maximum atomic E-state index is 4.60. The predicted molar refractivity (Wildman–Crippen MR) is 97.1 cm³/mol. The minimum Gasteiger partial charge on any atom is -0.351 e. The Morgan fingerprint density at radius 3 is 2.64 bits per heavy atom. The van der Waals surface area contributed by atoms with Crippen LogP contribution in [-0.4, -0.2) is 50.2 Å². The lowest BCUT2D eigenvalue weighted by molar-refractivity contribution is 0.210. The van der Waals surface area contributed by atoms with Gasteiger partial charge in [-0.1, -0.05) is 0 Å². The van der Waals surface area contributed by atoms with E-state index in [9.17, 15) is 0 Å². The van der Waals surface area contributed by atoms with Gasteiger partial charge in [-0.05, 0) is 44.6 Å². The summed E-state index contributed by atoms with van der Waals surface area (Å²) in [6.07, 6.45) is 9.45. The van der Waals surface area contributed by atoms with Crippen LogP contribution in [-0.2, 0) is 0 Å². The minimum atomic E-state index is 0.470. The Labute approximate surface area is 147 Å². The molecule has 0 atom stereocenters. The van der Waals surface area contributed by atoms with Gasteiger partial charge in [0.25, 0.3) is 0 Å². The average molecular weight is 339 g/mol. The molecule has 132 valence electrons. The number of aromatic nitrogens is 4. The molecule has 3 aliphatic rings. The summed E-state index contributed by atoms with van der Waals surface area (Å²) in [5.41, 5.74) is 1.22. The fraction of sp³-hybridized carbons (Fsp3) is 0.611. The molecular formula is C18H25N7. The number of H-pyrrole nitrogens is 1. The molecule has 0 unspecified atom stereocenters. The number of piperidine rings is 1. The highest BCUT2D eigenvalue weighted by molar-refractivity contribution is 5.53. The van der Waals surface area contributed by atoms with Crippen LogP contribution in [0.2, 0.25) is 0 Å². The summed E-state index contributed by atoms with van der Waals surface area (Å²) < 4.78 is 0. The molecule has 0 radical (unpaired) electrons. The average Bonchev–Trinajstić information content (AvgIpc) is 3.55. The third kappa shape index (κ3) is 3.61. The smallest absolute Gasteiger partial charge is 0.224 e. The van der Waals surface area contributed by atoms with Gasteiger partial charge in [-0.25, -0.2) is 4.98 Å². The zero-order valence-corrected chi connectivity index (χ0v) is 14.4. The number of nitrogens with zero attached hydrogens (tertiary/aromatic N) is 4. The Hall–Kier alpha value is -2.15. The van der Waals surface area contributed by atoms with Gasteiger partial charge in [0.05, 0.1) is 0 Å². The van der Waals surface area contributed by atoms with E-state index in [1.165, 1.54) is 57.3 Å². The molecule has 5 rings (SSSR count). The van der Waals surface area contributed by atoms with Crippen LogP contribution in [0, 0.1) is 0 Å². The van der Waals surface area contributed by atoms with E-state index >= 15 is 0 Å². The molecule has 0 amide bonds. The first-order valence-electron chi connectivity index (χ1n) is 9.49. The van der Waals surface area contributed by atoms with E-state index in [1.54, 1.807) is 6.20 Å². The van der Waals surface area contributed by atoms with E-state index < -0.39 is 0 Å². The first kappa shape index (κ1) is 15.1. The fourth-order valence-corrected chi connectivity index (χ4v) is 3.66. The summed E-state index contributed by atoms with van der Waals surface area (Å²) in [6.45, 7) is 2.38. The van der Waals surface area contributed by atoms with Gasteiger partial charge in [-0.15, -0.1) is 0 Å². The van der Waals surface area contributed by atoms with Gasteiger partial charge in [0, 0.05) is 49.0 Å². The molecule has 7 nitrogen and oxygen atoms in total. The van der Waals surface area contributed by atoms with Crippen molar-refractivity contribution in [1.82, 2.24) is 25.1 Å². The molecular weight excluding hydrogens is 314 g/mol. The molecule has 3 N–H and O–H groups in total. The first-order chi connectivity index (χ1) is 12.3. The second kappa shape index (κ2) is 6.29. The van der Waals surface area contributed by atoms with Gasteiger partial charge in [-0.2, -0.15) is 10.1 Å². The van der Waals surface area contributed by atoms with Gasteiger partial charge in [0.2, 0.25) is 5.95 Å². The summed E-state index contributed by atoms with van der Waals surface area (Å²) in [6, 6.07) is 5.31. The summed E-state index contributed by atoms with van der Waals surface area (Å²) in [4.78, 5) is 11.6. The van der Waals surface area contributed by atoms with Crippen molar-refractivity contribution in [2.24, 2.45) is 0 Å². The maximum Gasteiger partial charge on any atom is 0.224 e. The molecule has 3 fully saturated rings. The third-order valence-corrected chi connectivity index (χ3v) is 5.45. The van der Waals surface area contributed by atoms with Crippen molar-refractivity contribution in [1.29, 1.82) is 0 Å². The first-order valence-corrected chi connectivity index (χ1v) is 9.49. The van der Waals surface area contributed by atoms with Crippen LogP contribution in [0.5, 0.6) is 0 Å². The van der Waals surface area contributed by atoms with Gasteiger partial charge >= 0.3 is 0 Å². The summed E-state index contributed by atoms with van der Waals surface area (Å²) >= 11 is 0. The van der Waals surface area contributed by atoms with Crippen molar-refractivity contribution in [3.8, 4) is 0 Å². The lowest BCUT2D eigenvalue weighted by Gasteiger charge is -2.32. The van der Waals surface area contributed by atoms with Crippen molar-refractivity contribution >= 4 is 17.6 Å². The molecule has 7 heteroatoms. The standard InChI is InChI=1S/C18H25N7/c1-2-12(1)15-11-17(24-23-15)21-16-5-8-19-18(22-16)20-13-6-9-25(10-7-13)14-3-4-14/h5,8,11-14H,1-4,6-7,9-10H2,(H3,19,20,21,22,23,24). The zero-order chi connectivity index (χ0) is 16.6. The molecule has 2 saturated carbocycles. The molecule has 2 aliphatic carbocycles. The van der Waals surface area contributed by atoms with Crippen LogP contribution in [0.25, 0.3) is 0 Å². The Kier molecular flexibility index (Phi) is 3.81. The Morgan fingerprint density at radius 1 is 1.04 bits per heavy atom. The molecule has 0 spiro atoms. The Bertz CT molecular complexity index is 727. The molecule has 2 aromatic rings. The molecule has 2 aromatic heterocycles. The highest BCUT2D eigenvalue weighted by Gasteiger charge is 2.31. The van der Waals surface area contributed by atoms with Crippen molar-refractivity contribution < 1.29 is 0 Å². The molecule has 0 bridgehead atoms. The van der Waals surface area contributed by atoms with E-state index in [0.29, 0.717) is 17.9 Å². The third-order valence-electron chi connectivity index (χ3n) is 5.45.